The van der Waals surface area contributed by atoms with Crippen LogP contribution in [0.25, 0.3) is 0 Å². The minimum atomic E-state index is -0.268. The van der Waals surface area contributed by atoms with Gasteiger partial charge in [-0.25, -0.2) is 0 Å². The van der Waals surface area contributed by atoms with Gasteiger partial charge in [0.15, 0.2) is 0 Å². The summed E-state index contributed by atoms with van der Waals surface area (Å²) in [4.78, 5) is 15.2. The lowest BCUT2D eigenvalue weighted by Gasteiger charge is -2.34. The van der Waals surface area contributed by atoms with Gasteiger partial charge in [-0.2, -0.15) is 0 Å². The van der Waals surface area contributed by atoms with Crippen molar-refractivity contribution in [1.29, 1.82) is 0 Å². The van der Waals surface area contributed by atoms with Crippen molar-refractivity contribution in [3.05, 3.63) is 47.2 Å². The molecule has 1 aromatic heterocycles. The summed E-state index contributed by atoms with van der Waals surface area (Å²) < 4.78 is 5.25. The average Bonchev–Trinajstić information content (AvgIpc) is 3.38. The Bertz CT molecular complexity index is 785. The average molecular weight is 353 g/mol. The molecule has 0 atom stereocenters. The number of anilines is 1. The molecule has 2 aliphatic rings. The van der Waals surface area contributed by atoms with Crippen molar-refractivity contribution < 1.29 is 9.32 Å². The van der Waals surface area contributed by atoms with Crippen LogP contribution in [0.2, 0.25) is 0 Å². The molecule has 1 saturated heterocycles. The van der Waals surface area contributed by atoms with Crippen molar-refractivity contribution in [3.8, 4) is 0 Å². The minimum Gasteiger partial charge on any atom is -0.367 e. The van der Waals surface area contributed by atoms with Gasteiger partial charge in [-0.1, -0.05) is 49.3 Å². The van der Waals surface area contributed by atoms with Gasteiger partial charge in [-0.3, -0.25) is 4.79 Å². The molecule has 2 aromatic rings. The molecule has 1 aromatic carbocycles. The summed E-state index contributed by atoms with van der Waals surface area (Å²) in [5, 5.41) is 4.24. The smallest absolute Gasteiger partial charge is 0.233 e. The summed E-state index contributed by atoms with van der Waals surface area (Å²) in [7, 11) is 0. The van der Waals surface area contributed by atoms with Crippen LogP contribution in [0.3, 0.4) is 0 Å². The number of likely N-dealkylation sites (tertiary alicyclic amines) is 1. The first-order valence-electron chi connectivity index (χ1n) is 9.63. The normalized spacial score (nSPS) is 19.7. The minimum absolute atomic E-state index is 0.268. The zero-order chi connectivity index (χ0) is 18.3. The number of aromatic nitrogens is 1. The molecule has 1 saturated carbocycles. The number of benzene rings is 1. The predicted molar refractivity (Wildman–Crippen MR) is 101 cm³/mol. The Morgan fingerprint density at radius 2 is 1.88 bits per heavy atom. The predicted octanol–water partition coefficient (Wildman–Crippen LogP) is 3.82. The van der Waals surface area contributed by atoms with Gasteiger partial charge >= 0.3 is 0 Å². The number of carbonyl (C=O) groups excluding carboxylic acids is 1. The second-order valence-corrected chi connectivity index (χ2v) is 8.02. The molecule has 0 spiro atoms. The number of piperidine rings is 1. The van der Waals surface area contributed by atoms with E-state index in [0.29, 0.717) is 23.6 Å². The molecular formula is C21H27N3O2. The second kappa shape index (κ2) is 6.45. The van der Waals surface area contributed by atoms with Crippen molar-refractivity contribution in [2.45, 2.75) is 56.8 Å². The fourth-order valence-electron chi connectivity index (χ4n) is 4.36. The van der Waals surface area contributed by atoms with Crippen LogP contribution in [0.5, 0.6) is 0 Å². The Hall–Kier alpha value is -2.30. The van der Waals surface area contributed by atoms with Gasteiger partial charge in [0, 0.05) is 24.6 Å². The second-order valence-electron chi connectivity index (χ2n) is 8.02. The Balaban J connectivity index is 1.45. The van der Waals surface area contributed by atoms with E-state index in [1.807, 2.05) is 18.2 Å². The van der Waals surface area contributed by atoms with Gasteiger partial charge in [0.2, 0.25) is 11.8 Å². The van der Waals surface area contributed by atoms with Crippen LogP contribution in [0.1, 0.15) is 68.2 Å². The summed E-state index contributed by atoms with van der Waals surface area (Å²) in [6.07, 6.45) is 3.77. The molecule has 5 nitrogen and oxygen atoms in total. The van der Waals surface area contributed by atoms with Crippen LogP contribution in [0.4, 0.5) is 5.88 Å². The molecule has 2 heterocycles. The van der Waals surface area contributed by atoms with E-state index in [2.05, 4.69) is 36.0 Å². The van der Waals surface area contributed by atoms with Crippen LogP contribution in [0, 0.1) is 0 Å². The third-order valence-corrected chi connectivity index (χ3v) is 6.02. The van der Waals surface area contributed by atoms with Crippen molar-refractivity contribution in [2.24, 2.45) is 0 Å². The van der Waals surface area contributed by atoms with E-state index in [4.69, 9.17) is 10.3 Å². The molecule has 0 unspecified atom stereocenters. The number of carbonyl (C=O) groups is 1. The van der Waals surface area contributed by atoms with Crippen LogP contribution < -0.4 is 5.73 Å². The molecule has 0 radical (unpaired) electrons. The molecule has 2 N–H and O–H groups in total. The van der Waals surface area contributed by atoms with Crippen molar-refractivity contribution in [2.75, 3.05) is 18.8 Å². The van der Waals surface area contributed by atoms with Crippen LogP contribution in [-0.4, -0.2) is 29.1 Å². The van der Waals surface area contributed by atoms with Crippen LogP contribution in [0.15, 0.2) is 34.9 Å². The highest BCUT2D eigenvalue weighted by Crippen LogP contribution is 2.50. The highest BCUT2D eigenvalue weighted by molar-refractivity contribution is 5.91. The van der Waals surface area contributed by atoms with Gasteiger partial charge < -0.3 is 15.2 Å². The van der Waals surface area contributed by atoms with Gasteiger partial charge in [0.25, 0.3) is 0 Å². The van der Waals surface area contributed by atoms with Gasteiger partial charge in [0.05, 0.1) is 11.1 Å². The van der Waals surface area contributed by atoms with E-state index in [0.717, 1.165) is 50.0 Å². The Kier molecular flexibility index (Phi) is 4.25. The lowest BCUT2D eigenvalue weighted by atomic mass is 9.87. The maximum Gasteiger partial charge on any atom is 0.233 e. The maximum atomic E-state index is 13.2. The summed E-state index contributed by atoms with van der Waals surface area (Å²) in [5.74, 6) is 1.36. The zero-order valence-electron chi connectivity index (χ0n) is 15.6. The molecule has 138 valence electrons. The molecular weight excluding hydrogens is 326 g/mol. The van der Waals surface area contributed by atoms with Crippen molar-refractivity contribution >= 4 is 11.8 Å². The van der Waals surface area contributed by atoms with Crippen LogP contribution in [-0.2, 0) is 10.2 Å². The molecule has 4 rings (SSSR count). The van der Waals surface area contributed by atoms with Crippen molar-refractivity contribution in [1.82, 2.24) is 10.1 Å². The zero-order valence-corrected chi connectivity index (χ0v) is 15.6. The first-order valence-corrected chi connectivity index (χ1v) is 9.63. The third kappa shape index (κ3) is 2.79. The van der Waals surface area contributed by atoms with Crippen molar-refractivity contribution in [3.63, 3.8) is 0 Å². The fourth-order valence-corrected chi connectivity index (χ4v) is 4.36. The van der Waals surface area contributed by atoms with E-state index in [9.17, 15) is 4.79 Å². The van der Waals surface area contributed by atoms with E-state index in [-0.39, 0.29) is 5.41 Å². The van der Waals surface area contributed by atoms with Crippen LogP contribution >= 0.6 is 0 Å². The summed E-state index contributed by atoms with van der Waals surface area (Å²) in [6, 6.07) is 10.2. The number of amides is 1. The quantitative estimate of drug-likeness (QED) is 0.907. The Morgan fingerprint density at radius 1 is 1.23 bits per heavy atom. The first kappa shape index (κ1) is 17.1. The Morgan fingerprint density at radius 3 is 2.46 bits per heavy atom. The van der Waals surface area contributed by atoms with E-state index < -0.39 is 0 Å². The number of hydrogen-bond donors (Lipinski definition) is 1. The molecule has 1 amide bonds. The summed E-state index contributed by atoms with van der Waals surface area (Å²) >= 11 is 0. The third-order valence-electron chi connectivity index (χ3n) is 6.02. The van der Waals surface area contributed by atoms with E-state index in [1.165, 1.54) is 5.56 Å². The number of rotatable bonds is 4. The lowest BCUT2D eigenvalue weighted by molar-refractivity contribution is -0.135. The molecule has 1 aliphatic carbocycles. The van der Waals surface area contributed by atoms with Gasteiger partial charge in [-0.05, 0) is 37.2 Å². The van der Waals surface area contributed by atoms with E-state index in [1.54, 1.807) is 0 Å². The summed E-state index contributed by atoms with van der Waals surface area (Å²) in [5.41, 5.74) is 8.89. The van der Waals surface area contributed by atoms with Gasteiger partial charge in [-0.15, -0.1) is 0 Å². The molecule has 26 heavy (non-hydrogen) atoms. The maximum absolute atomic E-state index is 13.2. The first-order chi connectivity index (χ1) is 12.5. The monoisotopic (exact) mass is 353 g/mol. The lowest BCUT2D eigenvalue weighted by Crippen LogP contribution is -2.43. The summed E-state index contributed by atoms with van der Waals surface area (Å²) in [6.45, 7) is 5.79. The molecule has 5 heteroatoms. The molecule has 1 aliphatic heterocycles. The number of nitrogen functional groups attached to an aromatic ring is 1. The van der Waals surface area contributed by atoms with E-state index >= 15 is 0 Å². The highest BCUT2D eigenvalue weighted by atomic mass is 16.5. The number of hydrogen-bond acceptors (Lipinski definition) is 4. The SMILES string of the molecule is CC(C)c1c(C2CCN(C(=O)C3(c4ccccc4)CC3)CC2)noc1N. The fraction of sp³-hybridized carbons (Fsp3) is 0.524. The topological polar surface area (TPSA) is 72.4 Å². The Labute approximate surface area is 154 Å². The molecule has 0 bridgehead atoms. The molecule has 2 fully saturated rings. The number of nitrogens with two attached hydrogens (primary N) is 1. The highest BCUT2D eigenvalue weighted by Gasteiger charge is 2.53. The standard InChI is InChI=1S/C21H27N3O2/c1-14(2)17-18(23-26-19(17)22)15-8-12-24(13-9-15)20(25)21(10-11-21)16-6-4-3-5-7-16/h3-7,14-15H,8-13,22H2,1-2H3. The van der Waals surface area contributed by atoms with Gasteiger partial charge in [0.1, 0.15) is 0 Å². The number of nitrogens with zero attached hydrogens (tertiary/aromatic N) is 2. The largest absolute Gasteiger partial charge is 0.367 e.